The van der Waals surface area contributed by atoms with Gasteiger partial charge in [-0.05, 0) is 31.8 Å². The summed E-state index contributed by atoms with van der Waals surface area (Å²) in [6, 6.07) is -0.151. The number of carbonyl (C=O) groups excluding carboxylic acids is 2. The molecule has 0 aromatic rings. The fourth-order valence-electron chi connectivity index (χ4n) is 4.27. The Morgan fingerprint density at radius 1 is 1.52 bits per heavy atom. The molecule has 1 aliphatic carbocycles. The van der Waals surface area contributed by atoms with Crippen LogP contribution in [0.15, 0.2) is 23.9 Å². The second-order valence-corrected chi connectivity index (χ2v) is 6.42. The highest BCUT2D eigenvalue weighted by Gasteiger charge is 2.62. The van der Waals surface area contributed by atoms with Gasteiger partial charge in [0.05, 0.1) is 24.2 Å². The van der Waals surface area contributed by atoms with Crippen molar-refractivity contribution >= 4 is 11.9 Å². The van der Waals surface area contributed by atoms with E-state index in [1.165, 1.54) is 11.0 Å². The molecule has 2 aliphatic heterocycles. The molecule has 0 spiro atoms. The van der Waals surface area contributed by atoms with Gasteiger partial charge in [-0.2, -0.15) is 0 Å². The molecule has 0 radical (unpaired) electrons. The van der Waals surface area contributed by atoms with Gasteiger partial charge >= 0.3 is 5.97 Å². The summed E-state index contributed by atoms with van der Waals surface area (Å²) < 4.78 is 10.7. The largest absolute Gasteiger partial charge is 0.457 e. The van der Waals surface area contributed by atoms with Gasteiger partial charge in [0.15, 0.2) is 0 Å². The summed E-state index contributed by atoms with van der Waals surface area (Å²) >= 11 is 0. The van der Waals surface area contributed by atoms with E-state index in [9.17, 15) is 14.7 Å². The lowest BCUT2D eigenvalue weighted by molar-refractivity contribution is -0.164. The molecule has 3 rings (SSSR count). The van der Waals surface area contributed by atoms with E-state index in [-0.39, 0.29) is 30.6 Å². The van der Waals surface area contributed by atoms with E-state index in [1.807, 2.05) is 0 Å². The van der Waals surface area contributed by atoms with E-state index in [0.717, 1.165) is 24.8 Å². The second kappa shape index (κ2) is 6.09. The number of rotatable bonds is 5. The number of aliphatic hydroxyl groups excluding tert-OH is 1. The molecule has 5 atom stereocenters. The van der Waals surface area contributed by atoms with Crippen LogP contribution in [0, 0.1) is 11.8 Å². The molecular weight excluding hydrogens is 298 g/mol. The van der Waals surface area contributed by atoms with Gasteiger partial charge in [-0.1, -0.05) is 12.7 Å². The molecule has 6 nitrogen and oxygen atoms in total. The third-order valence-corrected chi connectivity index (χ3v) is 5.17. The lowest BCUT2D eigenvalue weighted by atomic mass is 9.72. The molecule has 2 fully saturated rings. The molecule has 1 saturated carbocycles. The van der Waals surface area contributed by atoms with E-state index in [4.69, 9.17) is 9.47 Å². The van der Waals surface area contributed by atoms with Gasteiger partial charge in [0.1, 0.15) is 12.3 Å². The van der Waals surface area contributed by atoms with Gasteiger partial charge in [0.25, 0.3) is 0 Å². The van der Waals surface area contributed by atoms with E-state index in [0.29, 0.717) is 5.70 Å². The number of esters is 1. The van der Waals surface area contributed by atoms with Crippen molar-refractivity contribution in [3.63, 3.8) is 0 Å². The number of nitrogens with zero attached hydrogens (tertiary/aromatic N) is 1. The van der Waals surface area contributed by atoms with E-state index < -0.39 is 18.0 Å². The third-order valence-electron chi connectivity index (χ3n) is 5.17. The number of ether oxygens (including phenoxy) is 2. The summed E-state index contributed by atoms with van der Waals surface area (Å²) in [5, 5.41) is 9.94. The van der Waals surface area contributed by atoms with Crippen molar-refractivity contribution in [1.29, 1.82) is 0 Å². The van der Waals surface area contributed by atoms with Crippen LogP contribution in [0.2, 0.25) is 0 Å². The van der Waals surface area contributed by atoms with Crippen LogP contribution in [0.1, 0.15) is 26.2 Å². The van der Waals surface area contributed by atoms with Crippen molar-refractivity contribution in [3.05, 3.63) is 23.9 Å². The Labute approximate surface area is 135 Å². The first kappa shape index (κ1) is 16.2. The molecule has 1 saturated heterocycles. The standard InChI is InChI=1S/C17H23NO5/c1-4-8-23-17(21)15-13-10(6-5-7-11(13)22-3)14-12(9(2)19)16(20)18(14)15/h4,9-12,14,19H,1,5-8H2,2-3H3/t9-,10+,11+,12-,14-/m0/s1. The minimum atomic E-state index is -0.725. The Kier molecular flexibility index (Phi) is 4.29. The number of hydrogen-bond donors (Lipinski definition) is 1. The summed E-state index contributed by atoms with van der Waals surface area (Å²) in [4.78, 5) is 26.5. The molecule has 1 amide bonds. The van der Waals surface area contributed by atoms with Crippen LogP contribution in [0.3, 0.4) is 0 Å². The predicted molar refractivity (Wildman–Crippen MR) is 82.1 cm³/mol. The molecule has 0 bridgehead atoms. The smallest absolute Gasteiger partial charge is 0.355 e. The summed E-state index contributed by atoms with van der Waals surface area (Å²) in [6.07, 6.45) is 3.30. The number of amides is 1. The molecule has 1 N–H and O–H groups in total. The van der Waals surface area contributed by atoms with Gasteiger partial charge in [-0.3, -0.25) is 4.79 Å². The summed E-state index contributed by atoms with van der Waals surface area (Å²) in [6.45, 7) is 5.27. The summed E-state index contributed by atoms with van der Waals surface area (Å²) in [5.74, 6) is -1.09. The number of fused-ring (bicyclic) bond motifs is 3. The number of hydrogen-bond acceptors (Lipinski definition) is 5. The molecular formula is C17H23NO5. The van der Waals surface area contributed by atoms with Crippen LogP contribution >= 0.6 is 0 Å². The van der Waals surface area contributed by atoms with Crippen LogP contribution < -0.4 is 0 Å². The Bertz CT molecular complexity index is 567. The highest BCUT2D eigenvalue weighted by atomic mass is 16.5. The molecule has 23 heavy (non-hydrogen) atoms. The Morgan fingerprint density at radius 2 is 2.26 bits per heavy atom. The maximum atomic E-state index is 12.5. The van der Waals surface area contributed by atoms with Gasteiger partial charge in [-0.15, -0.1) is 0 Å². The molecule has 2 heterocycles. The average molecular weight is 321 g/mol. The predicted octanol–water partition coefficient (Wildman–Crippen LogP) is 1.01. The Hall–Kier alpha value is -1.66. The van der Waals surface area contributed by atoms with Gasteiger partial charge in [-0.25, -0.2) is 4.79 Å². The zero-order valence-electron chi connectivity index (χ0n) is 13.5. The minimum Gasteiger partial charge on any atom is -0.457 e. The van der Waals surface area contributed by atoms with E-state index >= 15 is 0 Å². The van der Waals surface area contributed by atoms with Crippen LogP contribution in [0.5, 0.6) is 0 Å². The normalized spacial score (nSPS) is 33.7. The number of methoxy groups -OCH3 is 1. The molecule has 6 heteroatoms. The maximum Gasteiger partial charge on any atom is 0.355 e. The quantitative estimate of drug-likeness (QED) is 0.464. The fraction of sp³-hybridized carbons (Fsp3) is 0.647. The first-order valence-corrected chi connectivity index (χ1v) is 8.08. The number of carbonyl (C=O) groups is 2. The summed E-state index contributed by atoms with van der Waals surface area (Å²) in [7, 11) is 1.62. The van der Waals surface area contributed by atoms with Crippen molar-refractivity contribution in [3.8, 4) is 0 Å². The fourth-order valence-corrected chi connectivity index (χ4v) is 4.27. The molecule has 126 valence electrons. The Balaban J connectivity index is 1.99. The highest BCUT2D eigenvalue weighted by Crippen LogP contribution is 2.52. The molecule has 0 aromatic heterocycles. The van der Waals surface area contributed by atoms with Crippen LogP contribution in [0.4, 0.5) is 0 Å². The second-order valence-electron chi connectivity index (χ2n) is 6.42. The minimum absolute atomic E-state index is 0.0669. The first-order valence-electron chi connectivity index (χ1n) is 8.08. The average Bonchev–Trinajstić information content (AvgIpc) is 2.82. The first-order chi connectivity index (χ1) is 11.0. The van der Waals surface area contributed by atoms with E-state index in [2.05, 4.69) is 6.58 Å². The van der Waals surface area contributed by atoms with E-state index in [1.54, 1.807) is 14.0 Å². The molecule has 0 unspecified atom stereocenters. The van der Waals surface area contributed by atoms with Crippen molar-refractivity contribution < 1.29 is 24.2 Å². The molecule has 0 aromatic carbocycles. The SMILES string of the molecule is C=CCOC(=O)C1=C2[C@@H](CCC[C@H]2OC)[C@H]2[C@H]([C@H](C)O)C(=O)N12. The van der Waals surface area contributed by atoms with Crippen molar-refractivity contribution in [2.24, 2.45) is 11.8 Å². The zero-order valence-corrected chi connectivity index (χ0v) is 13.5. The summed E-state index contributed by atoms with van der Waals surface area (Å²) in [5.41, 5.74) is 1.20. The third kappa shape index (κ3) is 2.32. The van der Waals surface area contributed by atoms with Crippen LogP contribution in [-0.4, -0.2) is 53.8 Å². The van der Waals surface area contributed by atoms with Crippen molar-refractivity contribution in [1.82, 2.24) is 4.90 Å². The maximum absolute atomic E-state index is 12.5. The van der Waals surface area contributed by atoms with Crippen molar-refractivity contribution in [2.45, 2.75) is 44.4 Å². The Morgan fingerprint density at radius 3 is 2.87 bits per heavy atom. The molecule has 3 aliphatic rings. The number of β-lactam (4-membered cyclic amide) rings is 1. The highest BCUT2D eigenvalue weighted by molar-refractivity contribution is 6.01. The topological polar surface area (TPSA) is 76.1 Å². The van der Waals surface area contributed by atoms with Gasteiger partial charge in [0, 0.05) is 13.0 Å². The van der Waals surface area contributed by atoms with Gasteiger partial charge < -0.3 is 19.5 Å². The monoisotopic (exact) mass is 321 g/mol. The van der Waals surface area contributed by atoms with Crippen LogP contribution in [-0.2, 0) is 19.1 Å². The van der Waals surface area contributed by atoms with Gasteiger partial charge in [0.2, 0.25) is 5.91 Å². The number of aliphatic hydroxyl groups is 1. The van der Waals surface area contributed by atoms with Crippen LogP contribution in [0.25, 0.3) is 0 Å². The lowest BCUT2D eigenvalue weighted by Gasteiger charge is -2.47. The van der Waals surface area contributed by atoms with Crippen molar-refractivity contribution in [2.75, 3.05) is 13.7 Å². The zero-order chi connectivity index (χ0) is 16.7. The lowest BCUT2D eigenvalue weighted by Crippen LogP contribution is -2.64.